The van der Waals surface area contributed by atoms with Crippen LogP contribution in [0.2, 0.25) is 0 Å². The molecule has 2 nitrogen and oxygen atoms in total. The maximum absolute atomic E-state index is 11.7. The van der Waals surface area contributed by atoms with Gasteiger partial charge < -0.3 is 4.90 Å². The zero-order valence-corrected chi connectivity index (χ0v) is 7.01. The van der Waals surface area contributed by atoms with Gasteiger partial charge in [0.15, 0.2) is 5.78 Å². The fraction of sp³-hybridized carbons (Fsp3) is 0.625. The molecule has 0 heterocycles. The molecule has 0 fully saturated rings. The highest BCUT2D eigenvalue weighted by Crippen LogP contribution is 1.84. The number of likely N-dealkylation sites (N-methyl/N-ethyl adjacent to an activating group) is 1. The van der Waals surface area contributed by atoms with E-state index in [1.165, 1.54) is 13.0 Å². The predicted octanol–water partition coefficient (Wildman–Crippen LogP) is 1.03. The van der Waals surface area contributed by atoms with Crippen LogP contribution in [0.15, 0.2) is 12.2 Å². The third-order valence-corrected chi connectivity index (χ3v) is 1.24. The van der Waals surface area contributed by atoms with Crippen LogP contribution >= 0.6 is 0 Å². The smallest absolute Gasteiger partial charge is 0.152 e. The van der Waals surface area contributed by atoms with Gasteiger partial charge in [-0.15, -0.1) is 0 Å². The monoisotopic (exact) mass is 159 g/mol. The number of carbonyl (C=O) groups is 1. The summed E-state index contributed by atoms with van der Waals surface area (Å²) in [5.74, 6) is 0.0265. The third-order valence-electron chi connectivity index (χ3n) is 1.24. The fourth-order valence-corrected chi connectivity index (χ4v) is 0.634. The van der Waals surface area contributed by atoms with E-state index in [2.05, 4.69) is 0 Å². The minimum Gasteiger partial charge on any atom is -0.300 e. The van der Waals surface area contributed by atoms with Crippen molar-refractivity contribution in [3.63, 3.8) is 0 Å². The molecule has 0 aromatic carbocycles. The minimum absolute atomic E-state index is 0.0265. The molecule has 0 aliphatic rings. The molecule has 0 aliphatic heterocycles. The lowest BCUT2D eigenvalue weighted by Gasteiger charge is -2.10. The van der Waals surface area contributed by atoms with E-state index in [-0.39, 0.29) is 12.5 Å². The van der Waals surface area contributed by atoms with Crippen LogP contribution in [0.5, 0.6) is 0 Å². The molecule has 11 heavy (non-hydrogen) atoms. The summed E-state index contributed by atoms with van der Waals surface area (Å²) >= 11 is 0. The van der Waals surface area contributed by atoms with Gasteiger partial charge >= 0.3 is 0 Å². The number of alkyl halides is 1. The first-order valence-electron chi connectivity index (χ1n) is 3.58. The maximum Gasteiger partial charge on any atom is 0.152 e. The molecule has 0 radical (unpaired) electrons. The Hall–Kier alpha value is -0.700. The molecule has 0 spiro atoms. The summed E-state index contributed by atoms with van der Waals surface area (Å²) in [5.41, 5.74) is 0. The summed E-state index contributed by atoms with van der Waals surface area (Å²) in [6.07, 6.45) is 3.23. The highest BCUT2D eigenvalue weighted by atomic mass is 19.1. The van der Waals surface area contributed by atoms with Crippen LogP contribution in [-0.2, 0) is 4.79 Å². The van der Waals surface area contributed by atoms with Gasteiger partial charge in [-0.05, 0) is 20.0 Å². The van der Waals surface area contributed by atoms with Crippen LogP contribution in [0.3, 0.4) is 0 Å². The second-order valence-corrected chi connectivity index (χ2v) is 2.46. The van der Waals surface area contributed by atoms with Crippen molar-refractivity contribution in [1.29, 1.82) is 0 Å². The lowest BCUT2D eigenvalue weighted by Crippen LogP contribution is -2.20. The average Bonchev–Trinajstić information content (AvgIpc) is 1.87. The van der Waals surface area contributed by atoms with Crippen molar-refractivity contribution >= 4 is 5.78 Å². The molecule has 64 valence electrons. The summed E-state index contributed by atoms with van der Waals surface area (Å²) in [6.45, 7) is 2.20. The molecule has 0 aliphatic carbocycles. The van der Waals surface area contributed by atoms with E-state index in [1.54, 1.807) is 11.0 Å². The highest BCUT2D eigenvalue weighted by Gasteiger charge is 1.92. The minimum atomic E-state index is -0.343. The van der Waals surface area contributed by atoms with Crippen molar-refractivity contribution in [2.45, 2.75) is 6.92 Å². The Kier molecular flexibility index (Phi) is 5.65. The number of carbonyl (C=O) groups excluding carboxylic acids is 1. The van der Waals surface area contributed by atoms with Crippen LogP contribution in [0.25, 0.3) is 0 Å². The molecule has 0 saturated heterocycles. The molecule has 3 heteroatoms. The Morgan fingerprint density at radius 1 is 1.64 bits per heavy atom. The zero-order valence-electron chi connectivity index (χ0n) is 7.01. The third kappa shape index (κ3) is 7.19. The topological polar surface area (TPSA) is 20.3 Å². The van der Waals surface area contributed by atoms with Gasteiger partial charge in [0.25, 0.3) is 0 Å². The number of rotatable bonds is 5. The van der Waals surface area contributed by atoms with E-state index in [0.717, 1.165) is 0 Å². The first kappa shape index (κ1) is 10.3. The first-order chi connectivity index (χ1) is 5.16. The van der Waals surface area contributed by atoms with Crippen LogP contribution in [0.4, 0.5) is 4.39 Å². The van der Waals surface area contributed by atoms with E-state index in [4.69, 9.17) is 0 Å². The lowest BCUT2D eigenvalue weighted by molar-refractivity contribution is -0.112. The van der Waals surface area contributed by atoms with Gasteiger partial charge in [-0.2, -0.15) is 0 Å². The number of hydrogen-bond acceptors (Lipinski definition) is 2. The molecule has 0 aromatic rings. The Labute approximate surface area is 66.7 Å². The van der Waals surface area contributed by atoms with E-state index >= 15 is 0 Å². The quantitative estimate of drug-likeness (QED) is 0.558. The molecule has 0 aromatic heterocycles. The highest BCUT2D eigenvalue weighted by molar-refractivity contribution is 5.87. The van der Waals surface area contributed by atoms with Gasteiger partial charge in [-0.3, -0.25) is 4.79 Å². The SMILES string of the molecule is CC(=O)/C=C/CN(C)CCF. The van der Waals surface area contributed by atoms with Gasteiger partial charge in [-0.25, -0.2) is 4.39 Å². The van der Waals surface area contributed by atoms with Crippen molar-refractivity contribution in [1.82, 2.24) is 4.90 Å². The zero-order chi connectivity index (χ0) is 8.69. The molecule has 0 unspecified atom stereocenters. The van der Waals surface area contributed by atoms with Crippen LogP contribution in [0, 0.1) is 0 Å². The maximum atomic E-state index is 11.7. The Balaban J connectivity index is 3.44. The molecular weight excluding hydrogens is 145 g/mol. The van der Waals surface area contributed by atoms with Gasteiger partial charge in [0, 0.05) is 13.1 Å². The molecule has 0 bridgehead atoms. The van der Waals surface area contributed by atoms with Crippen molar-refractivity contribution in [3.05, 3.63) is 12.2 Å². The summed E-state index contributed by atoms with van der Waals surface area (Å²) in [5, 5.41) is 0. The Morgan fingerprint density at radius 3 is 2.73 bits per heavy atom. The number of allylic oxidation sites excluding steroid dienone is 1. The second kappa shape index (κ2) is 6.04. The van der Waals surface area contributed by atoms with Crippen molar-refractivity contribution in [3.8, 4) is 0 Å². The summed E-state index contributed by atoms with van der Waals surface area (Å²) in [4.78, 5) is 12.2. The molecule has 0 amide bonds. The van der Waals surface area contributed by atoms with Gasteiger partial charge in [0.2, 0.25) is 0 Å². The molecule has 0 N–H and O–H groups in total. The summed E-state index contributed by atoms with van der Waals surface area (Å²) in [6, 6.07) is 0. The largest absolute Gasteiger partial charge is 0.300 e. The first-order valence-corrected chi connectivity index (χ1v) is 3.58. The van der Waals surface area contributed by atoms with Crippen molar-refractivity contribution in [2.24, 2.45) is 0 Å². The Bertz CT molecular complexity index is 145. The molecular formula is C8H14FNO. The van der Waals surface area contributed by atoms with Gasteiger partial charge in [-0.1, -0.05) is 6.08 Å². The fourth-order valence-electron chi connectivity index (χ4n) is 0.634. The van der Waals surface area contributed by atoms with Crippen LogP contribution in [0.1, 0.15) is 6.92 Å². The summed E-state index contributed by atoms with van der Waals surface area (Å²) < 4.78 is 11.7. The second-order valence-electron chi connectivity index (χ2n) is 2.46. The van der Waals surface area contributed by atoms with E-state index in [0.29, 0.717) is 13.1 Å². The number of nitrogens with zero attached hydrogens (tertiary/aromatic N) is 1. The van der Waals surface area contributed by atoms with Crippen molar-refractivity contribution < 1.29 is 9.18 Å². The van der Waals surface area contributed by atoms with Crippen LogP contribution in [-0.4, -0.2) is 37.5 Å². The van der Waals surface area contributed by atoms with E-state index in [1.807, 2.05) is 7.05 Å². The number of halogens is 1. The Morgan fingerprint density at radius 2 is 2.27 bits per heavy atom. The van der Waals surface area contributed by atoms with Gasteiger partial charge in [0.05, 0.1) is 0 Å². The lowest BCUT2D eigenvalue weighted by atomic mass is 10.4. The van der Waals surface area contributed by atoms with E-state index < -0.39 is 0 Å². The normalized spacial score (nSPS) is 11.3. The van der Waals surface area contributed by atoms with E-state index in [9.17, 15) is 9.18 Å². The standard InChI is InChI=1S/C8H14FNO/c1-8(11)4-3-6-10(2)7-5-9/h3-4H,5-7H2,1-2H3/b4-3+. The molecule has 0 atom stereocenters. The van der Waals surface area contributed by atoms with Crippen molar-refractivity contribution in [2.75, 3.05) is 26.8 Å². The number of hydrogen-bond donors (Lipinski definition) is 0. The van der Waals surface area contributed by atoms with Crippen LogP contribution < -0.4 is 0 Å². The van der Waals surface area contributed by atoms with Gasteiger partial charge in [0.1, 0.15) is 6.67 Å². The predicted molar refractivity (Wildman–Crippen MR) is 43.3 cm³/mol. The number of ketones is 1. The summed E-state index contributed by atoms with van der Waals surface area (Å²) in [7, 11) is 1.81. The molecule has 0 saturated carbocycles. The average molecular weight is 159 g/mol. The molecule has 0 rings (SSSR count).